The minimum absolute atomic E-state index is 0.625. The molecule has 0 saturated carbocycles. The Morgan fingerprint density at radius 3 is 1.73 bits per heavy atom. The second kappa shape index (κ2) is 14.0. The Labute approximate surface area is 228 Å². The largest absolute Gasteiger partial charge is 0.394 e. The molecule has 0 aliphatic carbocycles. The predicted octanol–water partition coefficient (Wildman–Crippen LogP) is -7.29. The van der Waals surface area contributed by atoms with Crippen molar-refractivity contribution in [2.45, 2.75) is 106 Å². The van der Waals surface area contributed by atoms with Crippen LogP contribution < -0.4 is 10.6 Å². The summed E-state index contributed by atoms with van der Waals surface area (Å²) in [7, 11) is 0. The fourth-order valence-corrected chi connectivity index (χ4v) is 4.76. The van der Waals surface area contributed by atoms with Gasteiger partial charge in [-0.2, -0.15) is 0 Å². The molecule has 18 heteroatoms. The third-order valence-electron chi connectivity index (χ3n) is 6.88. The monoisotopic (exact) mass is 586 g/mol. The maximum atomic E-state index is 11.8. The van der Waals surface area contributed by atoms with E-state index in [-0.39, 0.29) is 0 Å². The van der Waals surface area contributed by atoms with E-state index in [4.69, 9.17) is 23.7 Å². The van der Waals surface area contributed by atoms with Crippen molar-refractivity contribution in [1.82, 2.24) is 10.6 Å². The molecule has 3 saturated heterocycles. The molecule has 3 rings (SSSR count). The Morgan fingerprint density at radius 1 is 0.650 bits per heavy atom. The Hall–Kier alpha value is -1.62. The van der Waals surface area contributed by atoms with E-state index >= 15 is 0 Å². The van der Waals surface area contributed by atoms with Crippen LogP contribution >= 0.6 is 0 Å². The molecular formula is C22H38N2O16. The molecule has 40 heavy (non-hydrogen) atoms. The lowest BCUT2D eigenvalue weighted by molar-refractivity contribution is -0.342. The van der Waals surface area contributed by atoms with Crippen LogP contribution in [-0.4, -0.2) is 170 Å². The minimum Gasteiger partial charge on any atom is -0.394 e. The Balaban J connectivity index is 1.85. The SMILES string of the molecule is CC(=O)N[C@@H]1[C@@H](O)[C@H](O[C@@H]2O[C@H](CO)[C@@H](O)[C@H](O)[C@H]2NC(C)=O)[C@@H](CO[C@@H]2O[C@H](CO)[C@@H](O)[C@H](O)[C@@H]2O)O[C@H]1O. The molecule has 15 atom stereocenters. The molecule has 0 aromatic carbocycles. The molecule has 232 valence electrons. The maximum absolute atomic E-state index is 11.8. The second-order valence-electron chi connectivity index (χ2n) is 9.85. The number of carbonyl (C=O) groups excluding carboxylic acids is 2. The van der Waals surface area contributed by atoms with Crippen LogP contribution in [-0.2, 0) is 33.3 Å². The summed E-state index contributed by atoms with van der Waals surface area (Å²) in [5.74, 6) is -1.30. The topological polar surface area (TPSA) is 286 Å². The summed E-state index contributed by atoms with van der Waals surface area (Å²) in [6, 6.07) is -2.86. The van der Waals surface area contributed by atoms with Crippen LogP contribution in [0.1, 0.15) is 13.8 Å². The third-order valence-corrected chi connectivity index (χ3v) is 6.88. The van der Waals surface area contributed by atoms with Crippen LogP contribution in [0.4, 0.5) is 0 Å². The van der Waals surface area contributed by atoms with Crippen LogP contribution in [0, 0.1) is 0 Å². The summed E-state index contributed by atoms with van der Waals surface area (Å²) >= 11 is 0. The van der Waals surface area contributed by atoms with Crippen molar-refractivity contribution in [3.63, 3.8) is 0 Å². The van der Waals surface area contributed by atoms with Gasteiger partial charge in [0.1, 0.15) is 73.1 Å². The molecule has 3 heterocycles. The average Bonchev–Trinajstić information content (AvgIpc) is 2.90. The molecule has 3 aliphatic heterocycles. The van der Waals surface area contributed by atoms with Gasteiger partial charge >= 0.3 is 0 Å². The third kappa shape index (κ3) is 7.23. The van der Waals surface area contributed by atoms with Crippen molar-refractivity contribution < 1.29 is 79.2 Å². The molecule has 0 spiro atoms. The number of hydrogen-bond donors (Lipinski definition) is 11. The second-order valence-corrected chi connectivity index (χ2v) is 9.85. The first kappa shape index (κ1) is 32.9. The van der Waals surface area contributed by atoms with E-state index < -0.39 is 124 Å². The van der Waals surface area contributed by atoms with Gasteiger partial charge in [0.25, 0.3) is 0 Å². The van der Waals surface area contributed by atoms with Gasteiger partial charge in [-0.05, 0) is 0 Å². The predicted molar refractivity (Wildman–Crippen MR) is 124 cm³/mol. The van der Waals surface area contributed by atoms with E-state index in [0.29, 0.717) is 0 Å². The molecule has 11 N–H and O–H groups in total. The number of ether oxygens (including phenoxy) is 5. The minimum atomic E-state index is -1.81. The number of aliphatic hydroxyl groups excluding tert-OH is 9. The number of hydrogen-bond acceptors (Lipinski definition) is 16. The van der Waals surface area contributed by atoms with Crippen LogP contribution in [0.25, 0.3) is 0 Å². The van der Waals surface area contributed by atoms with Crippen molar-refractivity contribution in [3.8, 4) is 0 Å². The van der Waals surface area contributed by atoms with E-state index in [9.17, 15) is 55.5 Å². The first-order valence-corrected chi connectivity index (χ1v) is 12.6. The first-order valence-electron chi connectivity index (χ1n) is 12.6. The summed E-state index contributed by atoms with van der Waals surface area (Å²) < 4.78 is 27.6. The molecule has 3 fully saturated rings. The van der Waals surface area contributed by atoms with Crippen LogP contribution in [0.5, 0.6) is 0 Å². The molecule has 18 nitrogen and oxygen atoms in total. The zero-order chi connectivity index (χ0) is 29.9. The number of carbonyl (C=O) groups is 2. The highest BCUT2D eigenvalue weighted by molar-refractivity contribution is 5.73. The number of aliphatic hydroxyl groups is 9. The van der Waals surface area contributed by atoms with Gasteiger partial charge in [0.2, 0.25) is 11.8 Å². The van der Waals surface area contributed by atoms with Gasteiger partial charge in [-0.25, -0.2) is 0 Å². The summed E-state index contributed by atoms with van der Waals surface area (Å²) in [6.45, 7) is 0.124. The van der Waals surface area contributed by atoms with E-state index in [1.807, 2.05) is 0 Å². The zero-order valence-corrected chi connectivity index (χ0v) is 21.7. The first-order chi connectivity index (χ1) is 18.8. The molecule has 3 aliphatic rings. The van der Waals surface area contributed by atoms with Gasteiger partial charge in [-0.1, -0.05) is 0 Å². The molecule has 0 aromatic heterocycles. The quantitative estimate of drug-likeness (QED) is 0.120. The smallest absolute Gasteiger partial charge is 0.217 e. The van der Waals surface area contributed by atoms with Gasteiger partial charge in [0.05, 0.1) is 19.8 Å². The normalized spacial score (nSPS) is 46.0. The van der Waals surface area contributed by atoms with Crippen molar-refractivity contribution >= 4 is 11.8 Å². The van der Waals surface area contributed by atoms with Gasteiger partial charge < -0.3 is 80.3 Å². The average molecular weight is 587 g/mol. The molecule has 0 unspecified atom stereocenters. The van der Waals surface area contributed by atoms with Crippen molar-refractivity contribution in [3.05, 3.63) is 0 Å². The highest BCUT2D eigenvalue weighted by Crippen LogP contribution is 2.30. The zero-order valence-electron chi connectivity index (χ0n) is 21.7. The maximum Gasteiger partial charge on any atom is 0.217 e. The number of amides is 2. The van der Waals surface area contributed by atoms with Crippen molar-refractivity contribution in [1.29, 1.82) is 0 Å². The standard InChI is InChI=1S/C22H38N2O16/c1-6(27)23-11-16(32)19(40-21-12(24-7(2)28)15(31)13(29)8(3-25)38-21)10(37-20(11)35)5-36-22-18(34)17(33)14(30)9(4-26)39-22/h8-22,25-26,29-35H,3-5H2,1-2H3,(H,23,27)(H,24,28)/t8-,9-,10-,11-,12-,13-,14-,15-,16-,17+,18+,19-,20-,21+,22-/m1/s1. The van der Waals surface area contributed by atoms with E-state index in [2.05, 4.69) is 10.6 Å². The molecule has 0 aromatic rings. The summed E-state index contributed by atoms with van der Waals surface area (Å²) in [4.78, 5) is 23.5. The molecular weight excluding hydrogens is 548 g/mol. The van der Waals surface area contributed by atoms with E-state index in [0.717, 1.165) is 13.8 Å². The highest BCUT2D eigenvalue weighted by atomic mass is 16.7. The van der Waals surface area contributed by atoms with Gasteiger partial charge in [0, 0.05) is 13.8 Å². The Kier molecular flexibility index (Phi) is 11.5. The Bertz CT molecular complexity index is 852. The number of rotatable bonds is 9. The van der Waals surface area contributed by atoms with Crippen molar-refractivity contribution in [2.75, 3.05) is 19.8 Å². The summed E-state index contributed by atoms with van der Waals surface area (Å²) in [6.07, 6.45) is -21.0. The lowest BCUT2D eigenvalue weighted by Crippen LogP contribution is -2.69. The van der Waals surface area contributed by atoms with Gasteiger partial charge in [0.15, 0.2) is 18.9 Å². The van der Waals surface area contributed by atoms with Gasteiger partial charge in [-0.3, -0.25) is 9.59 Å². The van der Waals surface area contributed by atoms with E-state index in [1.54, 1.807) is 0 Å². The molecule has 0 bridgehead atoms. The molecule has 0 radical (unpaired) electrons. The summed E-state index contributed by atoms with van der Waals surface area (Å²) in [5, 5.41) is 96.2. The van der Waals surface area contributed by atoms with Crippen molar-refractivity contribution in [2.24, 2.45) is 0 Å². The Morgan fingerprint density at radius 2 is 1.18 bits per heavy atom. The van der Waals surface area contributed by atoms with Crippen LogP contribution in [0.15, 0.2) is 0 Å². The summed E-state index contributed by atoms with van der Waals surface area (Å²) in [5.41, 5.74) is 0. The van der Waals surface area contributed by atoms with Crippen LogP contribution in [0.2, 0.25) is 0 Å². The van der Waals surface area contributed by atoms with Gasteiger partial charge in [-0.15, -0.1) is 0 Å². The van der Waals surface area contributed by atoms with Crippen LogP contribution in [0.3, 0.4) is 0 Å². The number of nitrogens with one attached hydrogen (secondary N) is 2. The fourth-order valence-electron chi connectivity index (χ4n) is 4.76. The lowest BCUT2D eigenvalue weighted by atomic mass is 9.94. The highest BCUT2D eigenvalue weighted by Gasteiger charge is 2.52. The fraction of sp³-hybridized carbons (Fsp3) is 0.909. The molecule has 2 amide bonds. The van der Waals surface area contributed by atoms with E-state index in [1.165, 1.54) is 0 Å². The lowest BCUT2D eigenvalue weighted by Gasteiger charge is -2.48.